The predicted octanol–water partition coefficient (Wildman–Crippen LogP) is 2.89. The monoisotopic (exact) mass is 234 g/mol. The number of ether oxygens (including phenoxy) is 1. The molecule has 0 unspecified atom stereocenters. The minimum absolute atomic E-state index is 0.338. The molecule has 17 heavy (non-hydrogen) atoms. The number of carbonyl (C=O) groups is 1. The molecule has 0 bridgehead atoms. The molecule has 1 amide bonds. The number of hydrogen-bond acceptors (Lipinski definition) is 3. The van der Waals surface area contributed by atoms with Crippen LogP contribution in [0.2, 0.25) is 0 Å². The summed E-state index contributed by atoms with van der Waals surface area (Å²) < 4.78 is 4.67. The molecule has 1 aromatic rings. The zero-order valence-corrected chi connectivity index (χ0v) is 10.4. The summed E-state index contributed by atoms with van der Waals surface area (Å²) in [5.41, 5.74) is 4.49. The number of hydrogen-bond donors (Lipinski definition) is 1. The van der Waals surface area contributed by atoms with Gasteiger partial charge in [0.1, 0.15) is 0 Å². The van der Waals surface area contributed by atoms with Gasteiger partial charge in [-0.1, -0.05) is 38.1 Å². The summed E-state index contributed by atoms with van der Waals surface area (Å²) in [5.74, 6) is 0.513. The summed E-state index contributed by atoms with van der Waals surface area (Å²) in [6.07, 6.45) is 1.05. The lowest BCUT2D eigenvalue weighted by molar-refractivity contribution is 0.152. The van der Waals surface area contributed by atoms with Crippen molar-refractivity contribution in [3.05, 3.63) is 35.4 Å². The van der Waals surface area contributed by atoms with Crippen molar-refractivity contribution in [3.8, 4) is 0 Å². The second-order valence-corrected chi connectivity index (χ2v) is 3.91. The third-order valence-electron chi connectivity index (χ3n) is 2.25. The second-order valence-electron chi connectivity index (χ2n) is 3.91. The number of hydrazone groups is 1. The summed E-state index contributed by atoms with van der Waals surface area (Å²) >= 11 is 0. The van der Waals surface area contributed by atoms with Crippen LogP contribution in [0.15, 0.2) is 29.4 Å². The lowest BCUT2D eigenvalue weighted by atomic mass is 10.0. The van der Waals surface area contributed by atoms with Crippen molar-refractivity contribution >= 4 is 12.3 Å². The predicted molar refractivity (Wildman–Crippen MR) is 68.3 cm³/mol. The van der Waals surface area contributed by atoms with Gasteiger partial charge in [-0.15, -0.1) is 0 Å². The topological polar surface area (TPSA) is 50.7 Å². The Balaban J connectivity index is 2.51. The number of rotatable bonds is 4. The van der Waals surface area contributed by atoms with Gasteiger partial charge in [0.05, 0.1) is 12.8 Å². The number of nitrogens with zero attached hydrogens (tertiary/aromatic N) is 1. The summed E-state index contributed by atoms with van der Waals surface area (Å²) in [4.78, 5) is 10.9. The third kappa shape index (κ3) is 4.68. The van der Waals surface area contributed by atoms with E-state index in [4.69, 9.17) is 0 Å². The van der Waals surface area contributed by atoms with Gasteiger partial charge in [-0.2, -0.15) is 5.10 Å². The van der Waals surface area contributed by atoms with E-state index < -0.39 is 6.09 Å². The van der Waals surface area contributed by atoms with Gasteiger partial charge < -0.3 is 4.74 Å². The summed E-state index contributed by atoms with van der Waals surface area (Å²) in [6.45, 7) is 6.37. The first-order chi connectivity index (χ1) is 8.13. The first kappa shape index (κ1) is 13.2. The van der Waals surface area contributed by atoms with Gasteiger partial charge >= 0.3 is 6.09 Å². The quantitative estimate of drug-likeness (QED) is 0.643. The molecule has 0 radical (unpaired) electrons. The van der Waals surface area contributed by atoms with Crippen molar-refractivity contribution < 1.29 is 9.53 Å². The number of amides is 1. The third-order valence-corrected chi connectivity index (χ3v) is 2.25. The fourth-order valence-electron chi connectivity index (χ4n) is 1.29. The highest BCUT2D eigenvalue weighted by Gasteiger charge is 1.98. The smallest absolute Gasteiger partial charge is 0.427 e. The highest BCUT2D eigenvalue weighted by atomic mass is 16.5. The molecule has 0 aliphatic heterocycles. The van der Waals surface area contributed by atoms with E-state index in [0.29, 0.717) is 12.5 Å². The van der Waals surface area contributed by atoms with Gasteiger partial charge in [0, 0.05) is 0 Å². The molecule has 0 spiro atoms. The molecule has 0 aliphatic rings. The van der Waals surface area contributed by atoms with Crippen LogP contribution in [0.3, 0.4) is 0 Å². The molecular weight excluding hydrogens is 216 g/mol. The first-order valence-electron chi connectivity index (χ1n) is 5.69. The molecule has 1 aromatic carbocycles. The van der Waals surface area contributed by atoms with Crippen LogP contribution in [-0.2, 0) is 4.74 Å². The molecule has 0 aromatic heterocycles. The Labute approximate surface area is 102 Å². The highest BCUT2D eigenvalue weighted by Crippen LogP contribution is 2.13. The van der Waals surface area contributed by atoms with Crippen molar-refractivity contribution in [1.82, 2.24) is 5.43 Å². The number of benzene rings is 1. The summed E-state index contributed by atoms with van der Waals surface area (Å²) in [5, 5.41) is 3.79. The molecular formula is C13H18N2O2. The molecule has 0 aliphatic carbocycles. The van der Waals surface area contributed by atoms with E-state index in [0.717, 1.165) is 5.56 Å². The second kappa shape index (κ2) is 6.68. The average Bonchev–Trinajstić information content (AvgIpc) is 2.30. The molecule has 1 rings (SSSR count). The van der Waals surface area contributed by atoms with Crippen LogP contribution in [-0.4, -0.2) is 18.9 Å². The molecule has 1 N–H and O–H groups in total. The maximum atomic E-state index is 10.9. The molecule has 92 valence electrons. The minimum Gasteiger partial charge on any atom is -0.449 e. The van der Waals surface area contributed by atoms with E-state index in [1.54, 1.807) is 13.1 Å². The van der Waals surface area contributed by atoms with Gasteiger partial charge in [-0.3, -0.25) is 0 Å². The van der Waals surface area contributed by atoms with Crippen molar-refractivity contribution in [2.45, 2.75) is 26.7 Å². The number of nitrogens with one attached hydrogen (secondary N) is 1. The lowest BCUT2D eigenvalue weighted by Gasteiger charge is -2.04. The van der Waals surface area contributed by atoms with Crippen molar-refractivity contribution in [3.63, 3.8) is 0 Å². The van der Waals surface area contributed by atoms with Gasteiger partial charge in [-0.25, -0.2) is 10.2 Å². The fourth-order valence-corrected chi connectivity index (χ4v) is 1.29. The molecule has 0 heterocycles. The molecule has 0 saturated carbocycles. The summed E-state index contributed by atoms with van der Waals surface area (Å²) in [6, 6.07) is 8.03. The zero-order chi connectivity index (χ0) is 12.7. The maximum absolute atomic E-state index is 10.9. The fraction of sp³-hybridized carbons (Fsp3) is 0.385. The van der Waals surface area contributed by atoms with Gasteiger partial charge in [0.25, 0.3) is 0 Å². The van der Waals surface area contributed by atoms with Crippen LogP contribution >= 0.6 is 0 Å². The van der Waals surface area contributed by atoms with E-state index in [-0.39, 0.29) is 0 Å². The van der Waals surface area contributed by atoms with Crippen LogP contribution in [0, 0.1) is 0 Å². The van der Waals surface area contributed by atoms with Gasteiger partial charge in [0.15, 0.2) is 0 Å². The Hall–Kier alpha value is -1.84. The minimum atomic E-state index is -0.539. The van der Waals surface area contributed by atoms with Crippen molar-refractivity contribution in [2.24, 2.45) is 5.10 Å². The molecule has 4 nitrogen and oxygen atoms in total. The van der Waals surface area contributed by atoms with Crippen LogP contribution < -0.4 is 5.43 Å². The van der Waals surface area contributed by atoms with Gasteiger partial charge in [-0.05, 0) is 24.0 Å². The first-order valence-corrected chi connectivity index (χ1v) is 5.69. The van der Waals surface area contributed by atoms with Crippen LogP contribution in [0.5, 0.6) is 0 Å². The van der Waals surface area contributed by atoms with E-state index >= 15 is 0 Å². The zero-order valence-electron chi connectivity index (χ0n) is 10.4. The van der Waals surface area contributed by atoms with Crippen LogP contribution in [0.25, 0.3) is 0 Å². The Morgan fingerprint density at radius 1 is 1.41 bits per heavy atom. The van der Waals surface area contributed by atoms with E-state index in [2.05, 4.69) is 41.2 Å². The maximum Gasteiger partial charge on any atom is 0.427 e. The normalized spacial score (nSPS) is 10.8. The SMILES string of the molecule is CCOC(=O)N/N=C\c1ccc(C(C)C)cc1. The Bertz CT molecular complexity index is 383. The van der Waals surface area contributed by atoms with Crippen LogP contribution in [0.1, 0.15) is 37.8 Å². The molecule has 0 fully saturated rings. The van der Waals surface area contributed by atoms with Crippen molar-refractivity contribution in [1.29, 1.82) is 0 Å². The number of carbonyl (C=O) groups excluding carboxylic acids is 1. The van der Waals surface area contributed by atoms with Gasteiger partial charge in [0.2, 0.25) is 0 Å². The Kier molecular flexibility index (Phi) is 5.20. The standard InChI is InChI=1S/C13H18N2O2/c1-4-17-13(16)15-14-9-11-5-7-12(8-6-11)10(2)3/h5-10H,4H2,1-3H3,(H,15,16)/b14-9-. The molecule has 0 saturated heterocycles. The van der Waals surface area contributed by atoms with Crippen molar-refractivity contribution in [2.75, 3.05) is 6.61 Å². The largest absolute Gasteiger partial charge is 0.449 e. The highest BCUT2D eigenvalue weighted by molar-refractivity contribution is 5.80. The molecule has 0 atom stereocenters. The average molecular weight is 234 g/mol. The van der Waals surface area contributed by atoms with E-state index in [1.165, 1.54) is 5.56 Å². The molecule has 4 heteroatoms. The summed E-state index contributed by atoms with van der Waals surface area (Å²) in [7, 11) is 0. The Morgan fingerprint density at radius 3 is 2.59 bits per heavy atom. The lowest BCUT2D eigenvalue weighted by Crippen LogP contribution is -2.18. The Morgan fingerprint density at radius 2 is 2.06 bits per heavy atom. The van der Waals surface area contributed by atoms with Crippen LogP contribution in [0.4, 0.5) is 4.79 Å². The van der Waals surface area contributed by atoms with E-state index in [1.807, 2.05) is 12.1 Å². The van der Waals surface area contributed by atoms with E-state index in [9.17, 15) is 4.79 Å².